The van der Waals surface area contributed by atoms with E-state index in [1.54, 1.807) is 6.92 Å². The van der Waals surface area contributed by atoms with Gasteiger partial charge in [-0.1, -0.05) is 13.8 Å². The van der Waals surface area contributed by atoms with Gasteiger partial charge in [0.1, 0.15) is 0 Å². The number of hydrogen-bond acceptors (Lipinski definition) is 3. The van der Waals surface area contributed by atoms with Crippen molar-refractivity contribution in [3.05, 3.63) is 0 Å². The number of aliphatic hydroxyl groups excluding tert-OH is 1. The standard InChI is InChI=1S/C17H35N3O2/c1-13(2)20-8-6-7-15(11-20)10-18-16(22)19-12-17(4,5)9-14(3)21/h13-15,21H,6-12H2,1-5H3,(H2,18,19,22). The van der Waals surface area contributed by atoms with Crippen molar-refractivity contribution in [1.29, 1.82) is 0 Å². The van der Waals surface area contributed by atoms with Crippen LogP contribution in [-0.2, 0) is 0 Å². The van der Waals surface area contributed by atoms with E-state index in [2.05, 4.69) is 43.2 Å². The lowest BCUT2D eigenvalue weighted by Gasteiger charge is -2.35. The third-order valence-electron chi connectivity index (χ3n) is 4.41. The molecule has 5 nitrogen and oxygen atoms in total. The molecule has 2 amide bonds. The summed E-state index contributed by atoms with van der Waals surface area (Å²) in [7, 11) is 0. The molecule has 0 aromatic carbocycles. The van der Waals surface area contributed by atoms with Gasteiger partial charge >= 0.3 is 6.03 Å². The van der Waals surface area contributed by atoms with Crippen LogP contribution in [-0.4, -0.2) is 54.4 Å². The van der Waals surface area contributed by atoms with E-state index in [0.29, 0.717) is 24.9 Å². The van der Waals surface area contributed by atoms with E-state index in [9.17, 15) is 9.90 Å². The Morgan fingerprint density at radius 1 is 1.32 bits per heavy atom. The minimum Gasteiger partial charge on any atom is -0.393 e. The summed E-state index contributed by atoms with van der Waals surface area (Å²) in [6, 6.07) is 0.484. The summed E-state index contributed by atoms with van der Waals surface area (Å²) in [5.74, 6) is 0.548. The molecule has 0 aromatic heterocycles. The molecular formula is C17H35N3O2. The normalized spacial score (nSPS) is 21.7. The Balaban J connectivity index is 2.25. The number of nitrogens with one attached hydrogen (secondary N) is 2. The minimum atomic E-state index is -0.343. The van der Waals surface area contributed by atoms with Gasteiger partial charge in [-0.05, 0) is 57.9 Å². The predicted octanol–water partition coefficient (Wildman–Crippen LogP) is 2.20. The van der Waals surface area contributed by atoms with Crippen molar-refractivity contribution >= 4 is 6.03 Å². The summed E-state index contributed by atoms with van der Waals surface area (Å²) in [5.41, 5.74) is -0.0925. The SMILES string of the molecule is CC(O)CC(C)(C)CNC(=O)NCC1CCCN(C(C)C)C1. The van der Waals surface area contributed by atoms with Crippen LogP contribution < -0.4 is 10.6 Å². The van der Waals surface area contributed by atoms with Crippen LogP contribution in [0.4, 0.5) is 4.79 Å². The van der Waals surface area contributed by atoms with Gasteiger partial charge in [0.05, 0.1) is 6.10 Å². The molecule has 0 spiro atoms. The lowest BCUT2D eigenvalue weighted by molar-refractivity contribution is 0.127. The number of amides is 2. The predicted molar refractivity (Wildman–Crippen MR) is 90.9 cm³/mol. The zero-order valence-corrected chi connectivity index (χ0v) is 15.0. The fraction of sp³-hybridized carbons (Fsp3) is 0.941. The number of aliphatic hydroxyl groups is 1. The van der Waals surface area contributed by atoms with Crippen LogP contribution in [0, 0.1) is 11.3 Å². The molecule has 0 bridgehead atoms. The Hall–Kier alpha value is -0.810. The van der Waals surface area contributed by atoms with Crippen LogP contribution in [0.15, 0.2) is 0 Å². The average Bonchev–Trinajstić information content (AvgIpc) is 2.42. The van der Waals surface area contributed by atoms with Crippen molar-refractivity contribution in [3.63, 3.8) is 0 Å². The van der Waals surface area contributed by atoms with Crippen molar-refractivity contribution in [3.8, 4) is 0 Å². The maximum atomic E-state index is 11.9. The summed E-state index contributed by atoms with van der Waals surface area (Å²) in [6.45, 7) is 13.9. The van der Waals surface area contributed by atoms with Crippen LogP contribution in [0.5, 0.6) is 0 Å². The first-order chi connectivity index (χ1) is 10.2. The van der Waals surface area contributed by atoms with Crippen LogP contribution in [0.2, 0.25) is 0 Å². The number of rotatable bonds is 7. The zero-order chi connectivity index (χ0) is 16.8. The number of carbonyl (C=O) groups excluding carboxylic acids is 1. The largest absolute Gasteiger partial charge is 0.393 e. The molecule has 130 valence electrons. The van der Waals surface area contributed by atoms with Gasteiger partial charge in [-0.25, -0.2) is 4.79 Å². The van der Waals surface area contributed by atoms with Gasteiger partial charge in [0.15, 0.2) is 0 Å². The zero-order valence-electron chi connectivity index (χ0n) is 15.0. The molecule has 1 fully saturated rings. The molecule has 1 saturated heterocycles. The van der Waals surface area contributed by atoms with Crippen LogP contribution in [0.25, 0.3) is 0 Å². The maximum absolute atomic E-state index is 11.9. The Kier molecular flexibility index (Phi) is 7.63. The number of piperidine rings is 1. The highest BCUT2D eigenvalue weighted by Crippen LogP contribution is 2.21. The molecule has 1 aliphatic rings. The molecule has 22 heavy (non-hydrogen) atoms. The molecule has 1 rings (SSSR count). The van der Waals surface area contributed by atoms with Gasteiger partial charge in [0.2, 0.25) is 0 Å². The fourth-order valence-corrected chi connectivity index (χ4v) is 3.22. The topological polar surface area (TPSA) is 64.6 Å². The van der Waals surface area contributed by atoms with Crippen molar-refractivity contribution in [2.24, 2.45) is 11.3 Å². The lowest BCUT2D eigenvalue weighted by atomic mass is 9.87. The van der Waals surface area contributed by atoms with Gasteiger partial charge in [-0.15, -0.1) is 0 Å². The lowest BCUT2D eigenvalue weighted by Crippen LogP contribution is -2.46. The molecular weight excluding hydrogens is 278 g/mol. The fourth-order valence-electron chi connectivity index (χ4n) is 3.22. The number of hydrogen-bond donors (Lipinski definition) is 3. The number of nitrogens with zero attached hydrogens (tertiary/aromatic N) is 1. The third-order valence-corrected chi connectivity index (χ3v) is 4.41. The number of urea groups is 1. The van der Waals surface area contributed by atoms with Crippen molar-refractivity contribution < 1.29 is 9.90 Å². The maximum Gasteiger partial charge on any atom is 0.314 e. The van der Waals surface area contributed by atoms with Crippen molar-refractivity contribution in [2.45, 2.75) is 66.0 Å². The average molecular weight is 313 g/mol. The Labute approximate surface area is 135 Å². The highest BCUT2D eigenvalue weighted by molar-refractivity contribution is 5.73. The molecule has 5 heteroatoms. The van der Waals surface area contributed by atoms with Gasteiger partial charge in [0.25, 0.3) is 0 Å². The Morgan fingerprint density at radius 2 is 2.00 bits per heavy atom. The van der Waals surface area contributed by atoms with E-state index in [0.717, 1.165) is 13.1 Å². The van der Waals surface area contributed by atoms with Gasteiger partial charge in [-0.2, -0.15) is 0 Å². The molecule has 2 atom stereocenters. The molecule has 0 aromatic rings. The number of carbonyl (C=O) groups is 1. The molecule has 0 saturated carbocycles. The van der Waals surface area contributed by atoms with Gasteiger partial charge < -0.3 is 20.6 Å². The van der Waals surface area contributed by atoms with Crippen LogP contribution in [0.1, 0.15) is 53.9 Å². The molecule has 0 radical (unpaired) electrons. The molecule has 0 aliphatic carbocycles. The van der Waals surface area contributed by atoms with E-state index < -0.39 is 0 Å². The Morgan fingerprint density at radius 3 is 2.59 bits per heavy atom. The summed E-state index contributed by atoms with van der Waals surface area (Å²) < 4.78 is 0. The molecule has 2 unspecified atom stereocenters. The molecule has 1 aliphatic heterocycles. The first-order valence-electron chi connectivity index (χ1n) is 8.63. The quantitative estimate of drug-likeness (QED) is 0.675. The third kappa shape index (κ3) is 7.45. The summed E-state index contributed by atoms with van der Waals surface area (Å²) in [5, 5.41) is 15.4. The number of likely N-dealkylation sites (tertiary alicyclic amines) is 1. The van der Waals surface area contributed by atoms with E-state index in [4.69, 9.17) is 0 Å². The molecule has 3 N–H and O–H groups in total. The first-order valence-corrected chi connectivity index (χ1v) is 8.63. The van der Waals surface area contributed by atoms with E-state index in [-0.39, 0.29) is 17.6 Å². The smallest absolute Gasteiger partial charge is 0.314 e. The van der Waals surface area contributed by atoms with Crippen LogP contribution >= 0.6 is 0 Å². The summed E-state index contributed by atoms with van der Waals surface area (Å²) in [6.07, 6.45) is 2.74. The minimum absolute atomic E-state index is 0.0925. The first kappa shape index (κ1) is 19.2. The second kappa shape index (κ2) is 8.73. The van der Waals surface area contributed by atoms with Crippen LogP contribution in [0.3, 0.4) is 0 Å². The van der Waals surface area contributed by atoms with E-state index >= 15 is 0 Å². The van der Waals surface area contributed by atoms with E-state index in [1.165, 1.54) is 19.4 Å². The highest BCUT2D eigenvalue weighted by Gasteiger charge is 2.23. The van der Waals surface area contributed by atoms with Gasteiger partial charge in [0, 0.05) is 25.7 Å². The summed E-state index contributed by atoms with van der Waals surface area (Å²) in [4.78, 5) is 14.4. The second-order valence-electron chi connectivity index (χ2n) is 7.88. The van der Waals surface area contributed by atoms with Crippen molar-refractivity contribution in [2.75, 3.05) is 26.2 Å². The monoisotopic (exact) mass is 313 g/mol. The van der Waals surface area contributed by atoms with Crippen molar-refractivity contribution in [1.82, 2.24) is 15.5 Å². The van der Waals surface area contributed by atoms with Gasteiger partial charge in [-0.3, -0.25) is 0 Å². The van der Waals surface area contributed by atoms with E-state index in [1.807, 2.05) is 0 Å². The Bertz CT molecular complexity index is 343. The molecule has 1 heterocycles. The highest BCUT2D eigenvalue weighted by atomic mass is 16.3. The summed E-state index contributed by atoms with van der Waals surface area (Å²) >= 11 is 0. The second-order valence-corrected chi connectivity index (χ2v) is 7.88.